The molecule has 5 heteroatoms. The molecule has 1 aromatic heterocycles. The maximum absolute atomic E-state index is 11.3. The first-order valence-corrected chi connectivity index (χ1v) is 7.65. The van der Waals surface area contributed by atoms with Crippen molar-refractivity contribution in [3.8, 4) is 0 Å². The molecular weight excluding hydrogens is 268 g/mol. The summed E-state index contributed by atoms with van der Waals surface area (Å²) >= 11 is 0. The van der Waals surface area contributed by atoms with E-state index in [0.717, 1.165) is 37.1 Å². The van der Waals surface area contributed by atoms with Gasteiger partial charge in [-0.3, -0.25) is 4.98 Å². The Kier molecular flexibility index (Phi) is 4.12. The highest BCUT2D eigenvalue weighted by atomic mass is 16.5. The maximum atomic E-state index is 11.3. The van der Waals surface area contributed by atoms with Gasteiger partial charge in [-0.1, -0.05) is 13.0 Å². The van der Waals surface area contributed by atoms with E-state index in [0.29, 0.717) is 17.6 Å². The summed E-state index contributed by atoms with van der Waals surface area (Å²) < 4.78 is 10.9. The van der Waals surface area contributed by atoms with Crippen LogP contribution in [0.4, 0.5) is 0 Å². The van der Waals surface area contributed by atoms with E-state index in [1.807, 2.05) is 12.1 Å². The fourth-order valence-corrected chi connectivity index (χ4v) is 3.09. The molecule has 1 fully saturated rings. The van der Waals surface area contributed by atoms with Gasteiger partial charge in [-0.2, -0.15) is 0 Å². The number of oxazole rings is 1. The van der Waals surface area contributed by atoms with Crippen LogP contribution in [0.2, 0.25) is 0 Å². The molecule has 0 amide bonds. The molecule has 1 aliphatic heterocycles. The molecule has 21 heavy (non-hydrogen) atoms. The zero-order chi connectivity index (χ0) is 14.8. The second kappa shape index (κ2) is 6.03. The topological polar surface area (TPSA) is 67.3 Å². The van der Waals surface area contributed by atoms with Gasteiger partial charge in [0.15, 0.2) is 5.58 Å². The zero-order valence-electron chi connectivity index (χ0n) is 12.5. The van der Waals surface area contributed by atoms with Crippen LogP contribution in [0.25, 0.3) is 11.1 Å². The van der Waals surface area contributed by atoms with E-state index in [1.54, 1.807) is 0 Å². The van der Waals surface area contributed by atoms with E-state index in [2.05, 4.69) is 30.2 Å². The van der Waals surface area contributed by atoms with E-state index in [9.17, 15) is 4.79 Å². The van der Waals surface area contributed by atoms with Crippen molar-refractivity contribution in [1.82, 2.24) is 10.3 Å². The number of fused-ring (bicyclic) bond motifs is 1. The lowest BCUT2D eigenvalue weighted by Gasteiger charge is -2.24. The third-order valence-corrected chi connectivity index (χ3v) is 4.12. The average molecular weight is 290 g/mol. The van der Waals surface area contributed by atoms with Crippen LogP contribution in [0.1, 0.15) is 38.3 Å². The van der Waals surface area contributed by atoms with Crippen LogP contribution < -0.4 is 11.1 Å². The van der Waals surface area contributed by atoms with E-state index >= 15 is 0 Å². The van der Waals surface area contributed by atoms with Gasteiger partial charge in [-0.25, -0.2) is 4.79 Å². The minimum atomic E-state index is -0.405. The molecule has 3 rings (SSSR count). The predicted molar refractivity (Wildman–Crippen MR) is 81.4 cm³/mol. The summed E-state index contributed by atoms with van der Waals surface area (Å²) in [6, 6.07) is 6.17. The number of nitrogens with one attached hydrogen (secondary N) is 2. The number of rotatable bonds is 5. The molecule has 2 aromatic rings. The van der Waals surface area contributed by atoms with Crippen LogP contribution in [0.5, 0.6) is 0 Å². The van der Waals surface area contributed by atoms with Gasteiger partial charge in [-0.15, -0.1) is 0 Å². The minimum Gasteiger partial charge on any atom is -0.408 e. The summed E-state index contributed by atoms with van der Waals surface area (Å²) in [6.07, 6.45) is 2.45. The molecule has 114 valence electrons. The highest BCUT2D eigenvalue weighted by Gasteiger charge is 2.30. The molecule has 1 saturated heterocycles. The smallest absolute Gasteiger partial charge is 0.408 e. The fourth-order valence-electron chi connectivity index (χ4n) is 3.09. The van der Waals surface area contributed by atoms with Crippen LogP contribution >= 0.6 is 0 Å². The van der Waals surface area contributed by atoms with Crippen LogP contribution in [-0.4, -0.2) is 24.2 Å². The van der Waals surface area contributed by atoms with Gasteiger partial charge in [-0.05, 0) is 44.0 Å². The first kappa shape index (κ1) is 14.4. The standard InChI is InChI=1S/C16H22N2O3/c1-3-6-17-15(12-7-10(2)20-9-12)11-4-5-13-14(8-11)21-16(19)18-13/h4-5,8,10,12,15,17H,3,6-7,9H2,1-2H3,(H,18,19). The van der Waals surface area contributed by atoms with Gasteiger partial charge in [0.2, 0.25) is 0 Å². The van der Waals surface area contributed by atoms with Crippen LogP contribution in [0.3, 0.4) is 0 Å². The molecule has 2 N–H and O–H groups in total. The number of aromatic amines is 1. The van der Waals surface area contributed by atoms with E-state index in [4.69, 9.17) is 9.15 Å². The van der Waals surface area contributed by atoms with Crippen molar-refractivity contribution in [3.63, 3.8) is 0 Å². The maximum Gasteiger partial charge on any atom is 0.417 e. The van der Waals surface area contributed by atoms with Gasteiger partial charge in [0.05, 0.1) is 18.2 Å². The average Bonchev–Trinajstić information content (AvgIpc) is 3.04. The Morgan fingerprint density at radius 3 is 3.05 bits per heavy atom. The fraction of sp³-hybridized carbons (Fsp3) is 0.562. The molecule has 5 nitrogen and oxygen atoms in total. The Bertz CT molecular complexity index is 661. The Morgan fingerprint density at radius 2 is 2.33 bits per heavy atom. The third kappa shape index (κ3) is 3.04. The van der Waals surface area contributed by atoms with E-state index < -0.39 is 5.76 Å². The zero-order valence-corrected chi connectivity index (χ0v) is 12.5. The van der Waals surface area contributed by atoms with E-state index in [1.165, 1.54) is 0 Å². The lowest BCUT2D eigenvalue weighted by atomic mass is 9.90. The molecule has 0 spiro atoms. The summed E-state index contributed by atoms with van der Waals surface area (Å²) in [6.45, 7) is 6.01. The monoisotopic (exact) mass is 290 g/mol. The van der Waals surface area contributed by atoms with Crippen molar-refractivity contribution in [1.29, 1.82) is 0 Å². The van der Waals surface area contributed by atoms with Gasteiger partial charge < -0.3 is 14.5 Å². The largest absolute Gasteiger partial charge is 0.417 e. The second-order valence-electron chi connectivity index (χ2n) is 5.84. The summed E-state index contributed by atoms with van der Waals surface area (Å²) in [5.41, 5.74) is 2.52. The van der Waals surface area contributed by atoms with Crippen molar-refractivity contribution in [3.05, 3.63) is 34.3 Å². The molecule has 2 heterocycles. The third-order valence-electron chi connectivity index (χ3n) is 4.12. The Balaban J connectivity index is 1.90. The number of H-pyrrole nitrogens is 1. The Hall–Kier alpha value is -1.59. The first-order chi connectivity index (χ1) is 10.2. The Morgan fingerprint density at radius 1 is 1.48 bits per heavy atom. The molecule has 0 aliphatic carbocycles. The van der Waals surface area contributed by atoms with Crippen molar-refractivity contribution >= 4 is 11.1 Å². The quantitative estimate of drug-likeness (QED) is 0.888. The molecular formula is C16H22N2O3. The summed E-state index contributed by atoms with van der Waals surface area (Å²) in [4.78, 5) is 14.0. The number of aromatic nitrogens is 1. The SMILES string of the molecule is CCCNC(c1ccc2[nH]c(=O)oc2c1)C1COC(C)C1. The van der Waals surface area contributed by atoms with Crippen molar-refractivity contribution in [2.24, 2.45) is 5.92 Å². The predicted octanol–water partition coefficient (Wildman–Crippen LogP) is 2.59. The highest BCUT2D eigenvalue weighted by molar-refractivity contribution is 5.72. The second-order valence-corrected chi connectivity index (χ2v) is 5.84. The molecule has 3 unspecified atom stereocenters. The van der Waals surface area contributed by atoms with Gasteiger partial charge in [0, 0.05) is 12.0 Å². The van der Waals surface area contributed by atoms with Crippen molar-refractivity contribution in [2.75, 3.05) is 13.2 Å². The number of hydrogen-bond acceptors (Lipinski definition) is 4. The molecule has 1 aromatic carbocycles. The van der Waals surface area contributed by atoms with E-state index in [-0.39, 0.29) is 6.04 Å². The number of ether oxygens (including phenoxy) is 1. The normalized spacial score (nSPS) is 23.7. The lowest BCUT2D eigenvalue weighted by molar-refractivity contribution is 0.117. The summed E-state index contributed by atoms with van der Waals surface area (Å²) in [7, 11) is 0. The van der Waals surface area contributed by atoms with Crippen molar-refractivity contribution in [2.45, 2.75) is 38.8 Å². The van der Waals surface area contributed by atoms with Gasteiger partial charge in [0.1, 0.15) is 0 Å². The lowest BCUT2D eigenvalue weighted by Crippen LogP contribution is -2.29. The summed E-state index contributed by atoms with van der Waals surface area (Å²) in [5.74, 6) is 0.0488. The Labute approximate surface area is 123 Å². The van der Waals surface area contributed by atoms with Crippen molar-refractivity contribution < 1.29 is 9.15 Å². The molecule has 0 radical (unpaired) electrons. The molecule has 0 saturated carbocycles. The molecule has 0 bridgehead atoms. The highest BCUT2D eigenvalue weighted by Crippen LogP contribution is 2.32. The van der Waals surface area contributed by atoms with Crippen LogP contribution in [0, 0.1) is 5.92 Å². The van der Waals surface area contributed by atoms with Crippen LogP contribution in [0.15, 0.2) is 27.4 Å². The van der Waals surface area contributed by atoms with Crippen LogP contribution in [-0.2, 0) is 4.74 Å². The minimum absolute atomic E-state index is 0.236. The van der Waals surface area contributed by atoms with Gasteiger partial charge >= 0.3 is 5.76 Å². The number of benzene rings is 1. The van der Waals surface area contributed by atoms with Gasteiger partial charge in [0.25, 0.3) is 0 Å². The number of hydrogen-bond donors (Lipinski definition) is 2. The molecule has 3 atom stereocenters. The first-order valence-electron chi connectivity index (χ1n) is 7.65. The molecule has 1 aliphatic rings. The summed E-state index contributed by atoms with van der Waals surface area (Å²) in [5, 5.41) is 3.61.